The molecule has 0 saturated carbocycles. The van der Waals surface area contributed by atoms with Crippen molar-refractivity contribution in [2.75, 3.05) is 0 Å². The van der Waals surface area contributed by atoms with Gasteiger partial charge in [0.05, 0.1) is 0 Å². The van der Waals surface area contributed by atoms with E-state index in [4.69, 9.17) is 0 Å². The lowest BCUT2D eigenvalue weighted by Crippen LogP contribution is -2.15. The number of hydrogen-bond acceptors (Lipinski definition) is 0. The maximum absolute atomic E-state index is 2.45. The fraction of sp³-hybridized carbons (Fsp3) is 0.0435. The lowest BCUT2D eigenvalue weighted by atomic mass is 9.80. The van der Waals surface area contributed by atoms with Crippen LogP contribution >= 0.6 is 0 Å². The highest BCUT2D eigenvalue weighted by atomic mass is 14.4. The summed E-state index contributed by atoms with van der Waals surface area (Å²) in [7, 11) is 0. The third-order valence-electron chi connectivity index (χ3n) is 16.0. The van der Waals surface area contributed by atoms with E-state index in [2.05, 4.69) is 244 Å². The van der Waals surface area contributed by atoms with E-state index in [0.29, 0.717) is 0 Å². The summed E-state index contributed by atoms with van der Waals surface area (Å²) in [6.07, 6.45) is 0. The molecule has 0 atom stereocenters. The Labute approximate surface area is 401 Å². The molecule has 1 aliphatic rings. The highest BCUT2D eigenvalue weighted by Gasteiger charge is 2.36. The summed E-state index contributed by atoms with van der Waals surface area (Å²) >= 11 is 0. The molecule has 320 valence electrons. The second kappa shape index (κ2) is 14.2. The Balaban J connectivity index is 0.736. The summed E-state index contributed by atoms with van der Waals surface area (Å²) in [6, 6.07) is 87.0. The van der Waals surface area contributed by atoms with Crippen LogP contribution in [0.1, 0.15) is 25.0 Å². The highest BCUT2D eigenvalue weighted by Crippen LogP contribution is 2.51. The van der Waals surface area contributed by atoms with Gasteiger partial charge >= 0.3 is 0 Å². The molecule has 0 heteroatoms. The summed E-state index contributed by atoms with van der Waals surface area (Å²) in [5.74, 6) is 0. The molecule has 0 aliphatic heterocycles. The molecule has 0 nitrogen and oxygen atoms in total. The minimum Gasteiger partial charge on any atom is -0.0622 e. The molecule has 0 saturated heterocycles. The Morgan fingerprint density at radius 2 is 0.565 bits per heavy atom. The van der Waals surface area contributed by atoms with E-state index in [1.165, 1.54) is 153 Å². The molecule has 0 heterocycles. The zero-order valence-corrected chi connectivity index (χ0v) is 38.4. The van der Waals surface area contributed by atoms with Crippen LogP contribution in [-0.4, -0.2) is 0 Å². The predicted molar refractivity (Wildman–Crippen MR) is 296 cm³/mol. The first kappa shape index (κ1) is 38.5. The van der Waals surface area contributed by atoms with Crippen LogP contribution in [0.3, 0.4) is 0 Å². The minimum atomic E-state index is -0.145. The molecule has 1 aliphatic carbocycles. The van der Waals surface area contributed by atoms with Crippen LogP contribution in [0.25, 0.3) is 142 Å². The van der Waals surface area contributed by atoms with Gasteiger partial charge < -0.3 is 0 Å². The summed E-state index contributed by atoms with van der Waals surface area (Å²) < 4.78 is 0. The zero-order valence-electron chi connectivity index (χ0n) is 38.4. The summed E-state index contributed by atoms with van der Waals surface area (Å²) in [6.45, 7) is 4.79. The zero-order chi connectivity index (χ0) is 45.5. The minimum absolute atomic E-state index is 0.145. The van der Waals surface area contributed by atoms with Gasteiger partial charge in [0.1, 0.15) is 0 Å². The van der Waals surface area contributed by atoms with Gasteiger partial charge in [-0.1, -0.05) is 220 Å². The van der Waals surface area contributed by atoms with Crippen LogP contribution in [0, 0.1) is 0 Å². The van der Waals surface area contributed by atoms with E-state index in [9.17, 15) is 0 Å². The first-order valence-electron chi connectivity index (χ1n) is 24.3. The predicted octanol–water partition coefficient (Wildman–Crippen LogP) is 19.3. The van der Waals surface area contributed by atoms with Crippen LogP contribution in [0.15, 0.2) is 231 Å². The Hall–Kier alpha value is -8.58. The second-order valence-corrected chi connectivity index (χ2v) is 20.0. The molecule has 0 N–H and O–H groups in total. The van der Waals surface area contributed by atoms with Gasteiger partial charge in [0.15, 0.2) is 0 Å². The molecule has 14 aromatic rings. The molecule has 0 radical (unpaired) electrons. The SMILES string of the molecule is CC1(C)c2cc(-c3ccc(-c4ccc5ccc6cccc7ccc4c5c67)cc3)ccc2-c2ccc(-c3ccc4cc(-c5ccc6ccc7c(-c8ccccc8)ccc8ccc5c6c87)ccc4c3)cc21. The Bertz CT molecular complexity index is 4400. The van der Waals surface area contributed by atoms with E-state index in [1.807, 2.05) is 0 Å². The normalized spacial score (nSPS) is 13.2. The fourth-order valence-electron chi connectivity index (χ4n) is 12.4. The quantitative estimate of drug-likeness (QED) is 0.151. The lowest BCUT2D eigenvalue weighted by Gasteiger charge is -2.23. The number of benzene rings is 14. The van der Waals surface area contributed by atoms with Crippen LogP contribution in [0.5, 0.6) is 0 Å². The van der Waals surface area contributed by atoms with E-state index in [1.54, 1.807) is 0 Å². The van der Waals surface area contributed by atoms with Crippen molar-refractivity contribution < 1.29 is 0 Å². The Morgan fingerprint density at radius 1 is 0.217 bits per heavy atom. The van der Waals surface area contributed by atoms with Crippen molar-refractivity contribution in [1.29, 1.82) is 0 Å². The van der Waals surface area contributed by atoms with Crippen molar-refractivity contribution in [2.45, 2.75) is 19.3 Å². The van der Waals surface area contributed by atoms with Crippen molar-refractivity contribution in [3.8, 4) is 66.8 Å². The topological polar surface area (TPSA) is 0 Å². The number of fused-ring (bicyclic) bond motifs is 4. The summed E-state index contributed by atoms with van der Waals surface area (Å²) in [5, 5.41) is 18.3. The Morgan fingerprint density at radius 3 is 1.13 bits per heavy atom. The van der Waals surface area contributed by atoms with Crippen molar-refractivity contribution in [2.24, 2.45) is 0 Å². The van der Waals surface area contributed by atoms with Crippen LogP contribution in [-0.2, 0) is 5.41 Å². The van der Waals surface area contributed by atoms with Gasteiger partial charge in [-0.15, -0.1) is 0 Å². The van der Waals surface area contributed by atoms with Crippen molar-refractivity contribution in [3.63, 3.8) is 0 Å². The van der Waals surface area contributed by atoms with Crippen LogP contribution in [0.2, 0.25) is 0 Å². The highest BCUT2D eigenvalue weighted by molar-refractivity contribution is 6.28. The second-order valence-electron chi connectivity index (χ2n) is 20.0. The van der Waals surface area contributed by atoms with Gasteiger partial charge in [-0.3, -0.25) is 0 Å². The number of hydrogen-bond donors (Lipinski definition) is 0. The molecule has 0 unspecified atom stereocenters. The van der Waals surface area contributed by atoms with Gasteiger partial charge in [0, 0.05) is 5.41 Å². The van der Waals surface area contributed by atoms with Gasteiger partial charge in [-0.25, -0.2) is 0 Å². The lowest BCUT2D eigenvalue weighted by molar-refractivity contribution is 0.661. The van der Waals surface area contributed by atoms with E-state index in [0.717, 1.165) is 0 Å². The number of rotatable bonds is 5. The van der Waals surface area contributed by atoms with Gasteiger partial charge in [0.25, 0.3) is 0 Å². The average molecular weight is 873 g/mol. The average Bonchev–Trinajstić information content (AvgIpc) is 3.63. The first-order chi connectivity index (χ1) is 33.9. The third-order valence-corrected chi connectivity index (χ3v) is 16.0. The van der Waals surface area contributed by atoms with Crippen LogP contribution in [0.4, 0.5) is 0 Å². The van der Waals surface area contributed by atoms with E-state index in [-0.39, 0.29) is 5.41 Å². The fourth-order valence-corrected chi connectivity index (χ4v) is 12.4. The van der Waals surface area contributed by atoms with Gasteiger partial charge in [0.2, 0.25) is 0 Å². The van der Waals surface area contributed by atoms with Gasteiger partial charge in [-0.05, 0) is 178 Å². The van der Waals surface area contributed by atoms with Crippen LogP contribution < -0.4 is 0 Å². The maximum Gasteiger partial charge on any atom is 0.0159 e. The molecule has 14 aromatic carbocycles. The molecule has 0 bridgehead atoms. The van der Waals surface area contributed by atoms with Crippen molar-refractivity contribution in [3.05, 3.63) is 242 Å². The van der Waals surface area contributed by atoms with Crippen molar-refractivity contribution in [1.82, 2.24) is 0 Å². The molecule has 0 fully saturated rings. The first-order valence-corrected chi connectivity index (χ1v) is 24.3. The molecular formula is C69H44. The standard InChI is InChI=1S/C69H44/c1-69(2)63-39-52(41-11-13-43(14-12-41)56-30-21-46-16-15-44-9-6-10-45-24-34-60(56)66(46)65(44)45)27-32-58(63)59-33-28-53(40-64(59)69)50-17-18-51-38-54(20-19-49(51)37-50)57-31-23-48-25-35-61-55(42-7-4-3-5-8-42)29-22-47-26-36-62(57)68(48)67(47)61/h3-40H,1-2H3. The summed E-state index contributed by atoms with van der Waals surface area (Å²) in [4.78, 5) is 0. The Kier molecular flexibility index (Phi) is 7.94. The molecular weight excluding hydrogens is 829 g/mol. The van der Waals surface area contributed by atoms with Gasteiger partial charge in [-0.2, -0.15) is 0 Å². The molecule has 15 rings (SSSR count). The molecule has 0 amide bonds. The smallest absolute Gasteiger partial charge is 0.0159 e. The van der Waals surface area contributed by atoms with E-state index >= 15 is 0 Å². The maximum atomic E-state index is 2.45. The molecule has 0 aromatic heterocycles. The van der Waals surface area contributed by atoms with E-state index < -0.39 is 0 Å². The third kappa shape index (κ3) is 5.64. The summed E-state index contributed by atoms with van der Waals surface area (Å²) in [5.41, 5.74) is 17.9. The molecule has 0 spiro atoms. The largest absolute Gasteiger partial charge is 0.0622 e. The monoisotopic (exact) mass is 872 g/mol. The molecule has 69 heavy (non-hydrogen) atoms. The van der Waals surface area contributed by atoms with Crippen molar-refractivity contribution >= 4 is 75.4 Å².